The summed E-state index contributed by atoms with van der Waals surface area (Å²) in [6.45, 7) is 0.563. The van der Waals surface area contributed by atoms with Gasteiger partial charge in [0.15, 0.2) is 0 Å². The molecule has 0 aromatic carbocycles. The Morgan fingerprint density at radius 2 is 2.03 bits per heavy atom. The molecule has 0 bridgehead atoms. The van der Waals surface area contributed by atoms with Gasteiger partial charge in [-0.05, 0) is 48.2 Å². The van der Waals surface area contributed by atoms with Crippen molar-refractivity contribution >= 4 is 34.5 Å². The number of rotatable bonds is 5. The van der Waals surface area contributed by atoms with E-state index in [0.717, 1.165) is 16.7 Å². The Labute approximate surface area is 211 Å². The van der Waals surface area contributed by atoms with Crippen LogP contribution in [0.2, 0.25) is 0 Å². The molecule has 0 atom stereocenters. The lowest BCUT2D eigenvalue weighted by Crippen LogP contribution is -2.32. The number of hydrogen-bond acceptors (Lipinski definition) is 7. The number of aromatic nitrogens is 5. The first-order valence-corrected chi connectivity index (χ1v) is 12.1. The van der Waals surface area contributed by atoms with E-state index >= 15 is 0 Å². The van der Waals surface area contributed by atoms with E-state index in [1.165, 1.54) is 6.20 Å². The minimum atomic E-state index is -2.58. The Balaban J connectivity index is 1.25. The zero-order valence-electron chi connectivity index (χ0n) is 19.8. The molecule has 188 valence electrons. The number of carbonyl (C=O) groups excluding carboxylic acids is 1. The highest BCUT2D eigenvalue weighted by atomic mass is 19.3. The van der Waals surface area contributed by atoms with Crippen molar-refractivity contribution in [2.75, 3.05) is 22.5 Å². The minimum absolute atomic E-state index is 0.0724. The highest BCUT2D eigenvalue weighted by Gasteiger charge is 2.35. The average molecular weight is 503 g/mol. The topological polar surface area (TPSA) is 109 Å². The molecule has 3 N–H and O–H groups in total. The van der Waals surface area contributed by atoms with Gasteiger partial charge in [0.2, 0.25) is 11.9 Å². The lowest BCUT2D eigenvalue weighted by Gasteiger charge is -2.29. The number of carbonyl (C=O) groups is 1. The van der Waals surface area contributed by atoms with Crippen molar-refractivity contribution in [2.45, 2.75) is 37.6 Å². The second-order valence-corrected chi connectivity index (χ2v) is 9.23. The van der Waals surface area contributed by atoms with Gasteiger partial charge in [0.05, 0.1) is 29.2 Å². The molecule has 4 aromatic rings. The number of alkyl halides is 2. The number of nitrogens with one attached hydrogen (secondary N) is 3. The molecule has 37 heavy (non-hydrogen) atoms. The third-order valence-electron chi connectivity index (χ3n) is 6.70. The average Bonchev–Trinajstić information content (AvgIpc) is 3.33. The highest BCUT2D eigenvalue weighted by Crippen LogP contribution is 2.35. The summed E-state index contributed by atoms with van der Waals surface area (Å²) in [5.41, 5.74) is 4.34. The van der Waals surface area contributed by atoms with Crippen molar-refractivity contribution in [3.63, 3.8) is 0 Å². The Bertz CT molecular complexity index is 1490. The van der Waals surface area contributed by atoms with Crippen molar-refractivity contribution in [1.82, 2.24) is 24.6 Å². The predicted octanol–water partition coefficient (Wildman–Crippen LogP) is 4.62. The maximum atomic E-state index is 13.5. The van der Waals surface area contributed by atoms with Gasteiger partial charge in [-0.15, -0.1) is 0 Å². The molecule has 1 aliphatic heterocycles. The number of amides is 1. The van der Waals surface area contributed by atoms with Gasteiger partial charge < -0.3 is 16.0 Å². The van der Waals surface area contributed by atoms with Crippen LogP contribution in [0, 0.1) is 0 Å². The first kappa shape index (κ1) is 23.0. The minimum Gasteiger partial charge on any atom is -0.366 e. The largest absolute Gasteiger partial charge is 0.366 e. The standard InChI is InChI=1S/C26H24F2N8O/c27-26(28)7-3-17(4-8-26)34-25-31-14-20-19(5-10-30-23(20)35-25)16-6-11-36-22(12-16)21(15-32-36)24(37)33-18-2-1-9-29-13-18/h1-2,5-6,9,11-15,17H,3-4,7-8,10H2,(H,33,37)(H2,30,31,34,35). The Kier molecular flexibility index (Phi) is 5.74. The molecule has 1 saturated carbocycles. The molecular weight excluding hydrogens is 478 g/mol. The molecule has 0 unspecified atom stereocenters. The first-order valence-electron chi connectivity index (χ1n) is 12.1. The molecule has 0 spiro atoms. The van der Waals surface area contributed by atoms with Crippen LogP contribution >= 0.6 is 0 Å². The third kappa shape index (κ3) is 4.72. The van der Waals surface area contributed by atoms with Crippen molar-refractivity contribution in [3.8, 4) is 0 Å². The van der Waals surface area contributed by atoms with Crippen LogP contribution in [0.15, 0.2) is 61.3 Å². The SMILES string of the molecule is O=C(Nc1cccnc1)c1cnn2ccc(C3=CCNc4nc(NC5CCC(F)(F)CC5)ncc43)cc12. The molecule has 1 amide bonds. The van der Waals surface area contributed by atoms with Gasteiger partial charge in [0.25, 0.3) is 5.91 Å². The van der Waals surface area contributed by atoms with E-state index in [4.69, 9.17) is 0 Å². The maximum Gasteiger partial charge on any atom is 0.259 e. The van der Waals surface area contributed by atoms with Gasteiger partial charge in [-0.3, -0.25) is 9.78 Å². The lowest BCUT2D eigenvalue weighted by molar-refractivity contribution is -0.0361. The van der Waals surface area contributed by atoms with Crippen LogP contribution in [0.5, 0.6) is 0 Å². The number of fused-ring (bicyclic) bond motifs is 2. The van der Waals surface area contributed by atoms with Crippen LogP contribution in [0.4, 0.5) is 26.2 Å². The van der Waals surface area contributed by atoms with Gasteiger partial charge >= 0.3 is 0 Å². The summed E-state index contributed by atoms with van der Waals surface area (Å²) in [6, 6.07) is 7.29. The molecule has 5 heterocycles. The van der Waals surface area contributed by atoms with Gasteiger partial charge in [0.1, 0.15) is 5.82 Å². The molecule has 2 aliphatic rings. The molecular formula is C26H24F2N8O. The van der Waals surface area contributed by atoms with Crippen molar-refractivity contribution in [2.24, 2.45) is 0 Å². The van der Waals surface area contributed by atoms with Gasteiger partial charge in [-0.2, -0.15) is 10.1 Å². The van der Waals surface area contributed by atoms with Crippen LogP contribution < -0.4 is 16.0 Å². The van der Waals surface area contributed by atoms with E-state index < -0.39 is 5.92 Å². The Hall–Kier alpha value is -4.41. The fourth-order valence-electron chi connectivity index (χ4n) is 4.74. The van der Waals surface area contributed by atoms with E-state index in [1.54, 1.807) is 35.2 Å². The first-order chi connectivity index (χ1) is 17.9. The lowest BCUT2D eigenvalue weighted by atomic mass is 9.92. The molecule has 1 aliphatic carbocycles. The van der Waals surface area contributed by atoms with Gasteiger partial charge in [-0.25, -0.2) is 18.3 Å². The molecule has 9 nitrogen and oxygen atoms in total. The summed E-state index contributed by atoms with van der Waals surface area (Å²) >= 11 is 0. The monoisotopic (exact) mass is 502 g/mol. The van der Waals surface area contributed by atoms with Crippen LogP contribution in [0.1, 0.15) is 47.2 Å². The smallest absolute Gasteiger partial charge is 0.259 e. The predicted molar refractivity (Wildman–Crippen MR) is 136 cm³/mol. The van der Waals surface area contributed by atoms with Gasteiger partial charge in [-0.1, -0.05) is 6.08 Å². The molecule has 0 radical (unpaired) electrons. The molecule has 4 aromatic heterocycles. The fraction of sp³-hybridized carbons (Fsp3) is 0.269. The third-order valence-corrected chi connectivity index (χ3v) is 6.70. The Morgan fingerprint density at radius 3 is 2.84 bits per heavy atom. The van der Waals surface area contributed by atoms with E-state index in [-0.39, 0.29) is 24.8 Å². The zero-order valence-corrected chi connectivity index (χ0v) is 19.8. The second kappa shape index (κ2) is 9.23. The van der Waals surface area contributed by atoms with Crippen molar-refractivity contribution < 1.29 is 13.6 Å². The molecule has 6 rings (SSSR count). The number of halogens is 2. The number of hydrogen-bond donors (Lipinski definition) is 3. The summed E-state index contributed by atoms with van der Waals surface area (Å²) in [6.07, 6.45) is 10.9. The van der Waals surface area contributed by atoms with Crippen LogP contribution in [-0.4, -0.2) is 49.0 Å². The zero-order chi connectivity index (χ0) is 25.4. The van der Waals surface area contributed by atoms with Crippen molar-refractivity contribution in [3.05, 3.63) is 78.0 Å². The quantitative estimate of drug-likeness (QED) is 0.365. The van der Waals surface area contributed by atoms with E-state index in [2.05, 4.69) is 36.0 Å². The number of anilines is 3. The summed E-state index contributed by atoms with van der Waals surface area (Å²) in [7, 11) is 0. The number of nitrogens with zero attached hydrogens (tertiary/aromatic N) is 5. The second-order valence-electron chi connectivity index (χ2n) is 9.23. The molecule has 11 heteroatoms. The summed E-state index contributed by atoms with van der Waals surface area (Å²) in [5, 5.41) is 13.6. The summed E-state index contributed by atoms with van der Waals surface area (Å²) in [5.74, 6) is -1.77. The highest BCUT2D eigenvalue weighted by molar-refractivity contribution is 6.09. The molecule has 0 saturated heterocycles. The summed E-state index contributed by atoms with van der Waals surface area (Å²) < 4.78 is 28.6. The van der Waals surface area contributed by atoms with Crippen LogP contribution in [-0.2, 0) is 0 Å². The van der Waals surface area contributed by atoms with E-state index in [0.29, 0.717) is 47.9 Å². The van der Waals surface area contributed by atoms with E-state index in [9.17, 15) is 13.6 Å². The molecule has 1 fully saturated rings. The van der Waals surface area contributed by atoms with Crippen molar-refractivity contribution in [1.29, 1.82) is 0 Å². The summed E-state index contributed by atoms with van der Waals surface area (Å²) in [4.78, 5) is 26.0. The fourth-order valence-corrected chi connectivity index (χ4v) is 4.74. The normalized spacial score (nSPS) is 17.0. The van der Waals surface area contributed by atoms with Crippen LogP contribution in [0.25, 0.3) is 11.1 Å². The maximum absolute atomic E-state index is 13.5. The van der Waals surface area contributed by atoms with Crippen LogP contribution in [0.3, 0.4) is 0 Å². The van der Waals surface area contributed by atoms with Gasteiger partial charge in [0, 0.05) is 49.6 Å². The van der Waals surface area contributed by atoms with E-state index in [1.807, 2.05) is 24.4 Å². The Morgan fingerprint density at radius 1 is 1.16 bits per heavy atom. The number of pyridine rings is 2.